The van der Waals surface area contributed by atoms with Gasteiger partial charge in [-0.05, 0) is 17.7 Å². The van der Waals surface area contributed by atoms with E-state index in [4.69, 9.17) is 25.9 Å². The maximum atomic E-state index is 8.55. The Morgan fingerprint density at radius 1 is 1.28 bits per heavy atom. The highest BCUT2D eigenvalue weighted by Crippen LogP contribution is 2.29. The van der Waals surface area contributed by atoms with E-state index in [0.717, 1.165) is 16.5 Å². The molecule has 0 aliphatic rings. The third kappa shape index (κ3) is 3.23. The lowest BCUT2D eigenvalue weighted by Gasteiger charge is -2.04. The van der Waals surface area contributed by atoms with Gasteiger partial charge in [0.25, 0.3) is 0 Å². The van der Waals surface area contributed by atoms with E-state index in [-0.39, 0.29) is 6.61 Å². The van der Waals surface area contributed by atoms with Crippen molar-refractivity contribution in [3.8, 4) is 0 Å². The minimum Gasteiger partial charge on any atom is -0.444 e. The van der Waals surface area contributed by atoms with Gasteiger partial charge in [-0.3, -0.25) is 0 Å². The van der Waals surface area contributed by atoms with Crippen LogP contribution in [0, 0.1) is 0 Å². The molecule has 18 heavy (non-hydrogen) atoms. The van der Waals surface area contributed by atoms with E-state index in [9.17, 15) is 0 Å². The molecule has 0 aliphatic heterocycles. The lowest BCUT2D eigenvalue weighted by molar-refractivity contribution is 0.0938. The number of nitrogens with one attached hydrogen (secondary N) is 1. The number of aliphatic hydroxyl groups excluding tert-OH is 1. The number of aliphatic hydroxyl groups is 1. The molecular weight excluding hydrogens is 254 g/mol. The average Bonchev–Trinajstić information content (AvgIpc) is 2.70. The predicted octanol–water partition coefficient (Wildman–Crippen LogP) is 2.18. The second kappa shape index (κ2) is 6.75. The van der Waals surface area contributed by atoms with E-state index in [1.807, 2.05) is 24.3 Å². The second-order valence-corrected chi connectivity index (χ2v) is 4.21. The number of benzene rings is 1. The van der Waals surface area contributed by atoms with Crippen molar-refractivity contribution in [3.05, 3.63) is 35.0 Å². The van der Waals surface area contributed by atoms with Gasteiger partial charge in [0.2, 0.25) is 0 Å². The Hall–Kier alpha value is -1.07. The Morgan fingerprint density at radius 2 is 2.11 bits per heavy atom. The molecule has 0 atom stereocenters. The maximum absolute atomic E-state index is 8.55. The molecule has 0 fully saturated rings. The average molecular weight is 270 g/mol. The highest BCUT2D eigenvalue weighted by atomic mass is 35.5. The fourth-order valence-corrected chi connectivity index (χ4v) is 2.01. The van der Waals surface area contributed by atoms with Crippen LogP contribution in [0.1, 0.15) is 5.56 Å². The summed E-state index contributed by atoms with van der Waals surface area (Å²) in [5, 5.41) is 13.2. The van der Waals surface area contributed by atoms with E-state index < -0.39 is 0 Å². The number of para-hydroxylation sites is 1. The molecule has 0 amide bonds. The molecular formula is C13H16ClNO3. The Morgan fingerprint density at radius 3 is 2.94 bits per heavy atom. The first-order chi connectivity index (χ1) is 8.83. The van der Waals surface area contributed by atoms with Crippen LogP contribution in [0.3, 0.4) is 0 Å². The summed E-state index contributed by atoms with van der Waals surface area (Å²) in [6.07, 6.45) is 0. The molecule has 2 rings (SSSR count). The Bertz CT molecular complexity index is 498. The fourth-order valence-electron chi connectivity index (χ4n) is 1.76. The van der Waals surface area contributed by atoms with Crippen LogP contribution in [-0.4, -0.2) is 31.5 Å². The number of fused-ring (bicyclic) bond motifs is 1. The summed E-state index contributed by atoms with van der Waals surface area (Å²) in [6.45, 7) is 2.33. The van der Waals surface area contributed by atoms with Gasteiger partial charge in [-0.25, -0.2) is 0 Å². The Kier molecular flexibility index (Phi) is 5.01. The standard InChI is InChI=1S/C13H16ClNO3/c14-13-11(9-15-5-7-17-8-6-16)10-3-1-2-4-12(10)18-13/h1-4,15-16H,5-9H2. The fraction of sp³-hybridized carbons (Fsp3) is 0.385. The molecule has 98 valence electrons. The number of furan rings is 1. The molecule has 0 aliphatic carbocycles. The van der Waals surface area contributed by atoms with Gasteiger partial charge in [0, 0.05) is 24.0 Å². The smallest absolute Gasteiger partial charge is 0.199 e. The summed E-state index contributed by atoms with van der Waals surface area (Å²) in [6, 6.07) is 7.77. The topological polar surface area (TPSA) is 54.6 Å². The lowest BCUT2D eigenvalue weighted by atomic mass is 10.2. The van der Waals surface area contributed by atoms with Gasteiger partial charge >= 0.3 is 0 Å². The molecule has 0 spiro atoms. The number of halogens is 1. The highest BCUT2D eigenvalue weighted by molar-refractivity contribution is 6.30. The summed E-state index contributed by atoms with van der Waals surface area (Å²) < 4.78 is 10.6. The van der Waals surface area contributed by atoms with Crippen LogP contribution in [0.25, 0.3) is 11.0 Å². The second-order valence-electron chi connectivity index (χ2n) is 3.86. The monoisotopic (exact) mass is 269 g/mol. The zero-order valence-corrected chi connectivity index (χ0v) is 10.7. The molecule has 2 aromatic rings. The molecule has 1 heterocycles. The van der Waals surface area contributed by atoms with E-state index in [2.05, 4.69) is 5.32 Å². The first kappa shape index (κ1) is 13.4. The van der Waals surface area contributed by atoms with E-state index in [1.54, 1.807) is 0 Å². The van der Waals surface area contributed by atoms with E-state index in [1.165, 1.54) is 0 Å². The number of hydrogen-bond acceptors (Lipinski definition) is 4. The van der Waals surface area contributed by atoms with Crippen LogP contribution in [-0.2, 0) is 11.3 Å². The Balaban J connectivity index is 1.89. The summed E-state index contributed by atoms with van der Waals surface area (Å²) in [5.74, 6) is 0. The van der Waals surface area contributed by atoms with Gasteiger partial charge < -0.3 is 19.6 Å². The molecule has 0 bridgehead atoms. The van der Waals surface area contributed by atoms with Crippen molar-refractivity contribution in [2.24, 2.45) is 0 Å². The van der Waals surface area contributed by atoms with Crippen LogP contribution in [0.2, 0.25) is 5.22 Å². The number of rotatable bonds is 7. The third-order valence-corrected chi connectivity index (χ3v) is 2.91. The first-order valence-corrected chi connectivity index (χ1v) is 6.26. The van der Waals surface area contributed by atoms with Crippen LogP contribution < -0.4 is 5.32 Å². The maximum Gasteiger partial charge on any atom is 0.199 e. The van der Waals surface area contributed by atoms with Crippen molar-refractivity contribution < 1.29 is 14.3 Å². The number of hydrogen-bond donors (Lipinski definition) is 2. The van der Waals surface area contributed by atoms with Crippen LogP contribution >= 0.6 is 11.6 Å². The zero-order valence-electron chi connectivity index (χ0n) is 9.99. The van der Waals surface area contributed by atoms with Crippen molar-refractivity contribution in [1.29, 1.82) is 0 Å². The highest BCUT2D eigenvalue weighted by Gasteiger charge is 2.10. The normalized spacial score (nSPS) is 11.2. The zero-order chi connectivity index (χ0) is 12.8. The van der Waals surface area contributed by atoms with Crippen molar-refractivity contribution in [1.82, 2.24) is 5.32 Å². The lowest BCUT2D eigenvalue weighted by Crippen LogP contribution is -2.20. The summed E-state index contributed by atoms with van der Waals surface area (Å²) >= 11 is 6.06. The van der Waals surface area contributed by atoms with Gasteiger partial charge in [0.1, 0.15) is 5.58 Å². The molecule has 4 nitrogen and oxygen atoms in total. The van der Waals surface area contributed by atoms with Crippen molar-refractivity contribution in [2.45, 2.75) is 6.54 Å². The minimum atomic E-state index is 0.0538. The molecule has 1 aromatic carbocycles. The Labute approximate surface area is 110 Å². The molecule has 0 saturated carbocycles. The van der Waals surface area contributed by atoms with Crippen LogP contribution in [0.15, 0.2) is 28.7 Å². The van der Waals surface area contributed by atoms with Crippen LogP contribution in [0.4, 0.5) is 0 Å². The van der Waals surface area contributed by atoms with Crippen molar-refractivity contribution in [3.63, 3.8) is 0 Å². The molecule has 0 saturated heterocycles. The van der Waals surface area contributed by atoms with Crippen molar-refractivity contribution >= 4 is 22.6 Å². The van der Waals surface area contributed by atoms with Crippen LogP contribution in [0.5, 0.6) is 0 Å². The summed E-state index contributed by atoms with van der Waals surface area (Å²) in [7, 11) is 0. The summed E-state index contributed by atoms with van der Waals surface area (Å²) in [5.41, 5.74) is 1.77. The summed E-state index contributed by atoms with van der Waals surface area (Å²) in [4.78, 5) is 0. The first-order valence-electron chi connectivity index (χ1n) is 5.88. The van der Waals surface area contributed by atoms with Gasteiger partial charge in [0.05, 0.1) is 19.8 Å². The molecule has 2 N–H and O–H groups in total. The van der Waals surface area contributed by atoms with E-state index >= 15 is 0 Å². The van der Waals surface area contributed by atoms with Gasteiger partial charge in [-0.15, -0.1) is 0 Å². The van der Waals surface area contributed by atoms with Gasteiger partial charge in [0.15, 0.2) is 5.22 Å². The van der Waals surface area contributed by atoms with Gasteiger partial charge in [-0.2, -0.15) is 0 Å². The SMILES string of the molecule is OCCOCCNCc1c(Cl)oc2ccccc12. The molecule has 0 radical (unpaired) electrons. The predicted molar refractivity (Wildman–Crippen MR) is 70.8 cm³/mol. The molecule has 5 heteroatoms. The molecule has 0 unspecified atom stereocenters. The van der Waals surface area contributed by atoms with Gasteiger partial charge in [-0.1, -0.05) is 18.2 Å². The molecule has 1 aromatic heterocycles. The van der Waals surface area contributed by atoms with E-state index in [0.29, 0.717) is 31.5 Å². The quantitative estimate of drug-likeness (QED) is 0.757. The number of ether oxygens (including phenoxy) is 1. The van der Waals surface area contributed by atoms with Crippen molar-refractivity contribution in [2.75, 3.05) is 26.4 Å². The minimum absolute atomic E-state index is 0.0538. The third-order valence-electron chi connectivity index (χ3n) is 2.61. The largest absolute Gasteiger partial charge is 0.444 e.